The highest BCUT2D eigenvalue weighted by Crippen LogP contribution is 2.20. The zero-order chi connectivity index (χ0) is 16.4. The molecule has 0 aliphatic heterocycles. The Morgan fingerprint density at radius 2 is 1.73 bits per heavy atom. The zero-order valence-corrected chi connectivity index (χ0v) is 13.3. The molecular formula is C13H14FNO5S2. The fraction of sp³-hybridized carbons (Fsp3) is 0.308. The summed E-state index contributed by atoms with van der Waals surface area (Å²) in [6.07, 6.45) is 2.17. The van der Waals surface area contributed by atoms with Gasteiger partial charge in [-0.2, -0.15) is 0 Å². The molecule has 1 aromatic carbocycles. The molecular weight excluding hydrogens is 333 g/mol. The average molecular weight is 347 g/mol. The van der Waals surface area contributed by atoms with Gasteiger partial charge in [-0.3, -0.25) is 0 Å². The Hall–Kier alpha value is -1.74. The van der Waals surface area contributed by atoms with Gasteiger partial charge in [-0.05, 0) is 24.3 Å². The number of aromatic nitrogens is 1. The molecule has 1 aromatic heterocycles. The number of hydrogen-bond acceptors (Lipinski definition) is 6. The normalized spacial score (nSPS) is 12.5. The van der Waals surface area contributed by atoms with Crippen LogP contribution in [0.4, 0.5) is 4.39 Å². The van der Waals surface area contributed by atoms with E-state index in [9.17, 15) is 21.2 Å². The van der Waals surface area contributed by atoms with E-state index in [0.717, 1.165) is 6.26 Å². The first kappa shape index (κ1) is 16.6. The highest BCUT2D eigenvalue weighted by Gasteiger charge is 2.18. The van der Waals surface area contributed by atoms with Crippen molar-refractivity contribution in [2.24, 2.45) is 0 Å². The first-order valence-electron chi connectivity index (χ1n) is 6.23. The maximum absolute atomic E-state index is 12.8. The molecule has 6 nitrogen and oxygen atoms in total. The lowest BCUT2D eigenvalue weighted by Crippen LogP contribution is -2.17. The summed E-state index contributed by atoms with van der Waals surface area (Å²) >= 11 is 0. The highest BCUT2D eigenvalue weighted by molar-refractivity contribution is 7.94. The lowest BCUT2D eigenvalue weighted by molar-refractivity contribution is 0.571. The first-order valence-corrected chi connectivity index (χ1v) is 10.1. The number of hydrogen-bond donors (Lipinski definition) is 0. The van der Waals surface area contributed by atoms with Crippen molar-refractivity contribution in [2.45, 2.75) is 5.75 Å². The van der Waals surface area contributed by atoms with Crippen LogP contribution in [0.25, 0.3) is 11.5 Å². The molecule has 0 amide bonds. The predicted molar refractivity (Wildman–Crippen MR) is 79.1 cm³/mol. The van der Waals surface area contributed by atoms with Gasteiger partial charge in [0.1, 0.15) is 21.9 Å². The molecule has 0 aliphatic rings. The third kappa shape index (κ3) is 4.92. The van der Waals surface area contributed by atoms with Crippen molar-refractivity contribution in [2.75, 3.05) is 17.8 Å². The molecule has 22 heavy (non-hydrogen) atoms. The Morgan fingerprint density at radius 1 is 1.09 bits per heavy atom. The molecule has 0 bridgehead atoms. The average Bonchev–Trinajstić information content (AvgIpc) is 2.84. The Kier molecular flexibility index (Phi) is 4.66. The van der Waals surface area contributed by atoms with Gasteiger partial charge in [-0.15, -0.1) is 0 Å². The number of benzene rings is 1. The summed E-state index contributed by atoms with van der Waals surface area (Å²) < 4.78 is 63.7. The molecule has 2 rings (SSSR count). The van der Waals surface area contributed by atoms with Gasteiger partial charge >= 0.3 is 0 Å². The minimum atomic E-state index is -3.61. The Balaban J connectivity index is 2.10. The number of rotatable bonds is 6. The third-order valence-electron chi connectivity index (χ3n) is 2.78. The largest absolute Gasteiger partial charge is 0.444 e. The summed E-state index contributed by atoms with van der Waals surface area (Å²) in [4.78, 5) is 4.02. The van der Waals surface area contributed by atoms with Crippen molar-refractivity contribution in [3.63, 3.8) is 0 Å². The lowest BCUT2D eigenvalue weighted by Gasteiger charge is -2.00. The minimum absolute atomic E-state index is 0.174. The molecule has 0 N–H and O–H groups in total. The smallest absolute Gasteiger partial charge is 0.226 e. The first-order chi connectivity index (χ1) is 10.1. The van der Waals surface area contributed by atoms with Crippen LogP contribution in [0, 0.1) is 5.82 Å². The monoisotopic (exact) mass is 347 g/mol. The van der Waals surface area contributed by atoms with Crippen LogP contribution in [-0.2, 0) is 25.4 Å². The molecule has 2 aromatic rings. The molecule has 0 saturated heterocycles. The van der Waals surface area contributed by atoms with E-state index in [1.807, 2.05) is 0 Å². The summed E-state index contributed by atoms with van der Waals surface area (Å²) in [7, 11) is -6.96. The van der Waals surface area contributed by atoms with Gasteiger partial charge in [0.2, 0.25) is 5.89 Å². The summed E-state index contributed by atoms with van der Waals surface area (Å²) in [5.41, 5.74) is 0.689. The molecule has 0 spiro atoms. The zero-order valence-electron chi connectivity index (χ0n) is 11.7. The molecule has 0 radical (unpaired) electrons. The molecule has 9 heteroatoms. The number of nitrogens with zero attached hydrogens (tertiary/aromatic N) is 1. The number of sulfone groups is 2. The van der Waals surface area contributed by atoms with E-state index in [4.69, 9.17) is 4.42 Å². The van der Waals surface area contributed by atoms with E-state index in [1.165, 1.54) is 30.5 Å². The van der Waals surface area contributed by atoms with Crippen molar-refractivity contribution in [3.05, 3.63) is 42.0 Å². The second-order valence-corrected chi connectivity index (χ2v) is 9.32. The maximum atomic E-state index is 12.8. The van der Waals surface area contributed by atoms with E-state index in [2.05, 4.69) is 4.98 Å². The molecule has 0 fully saturated rings. The Labute approximate surface area is 127 Å². The summed E-state index contributed by atoms with van der Waals surface area (Å²) in [5.74, 6) is -1.54. The Morgan fingerprint density at radius 3 is 2.32 bits per heavy atom. The van der Waals surface area contributed by atoms with Crippen LogP contribution in [-0.4, -0.2) is 39.6 Å². The van der Waals surface area contributed by atoms with Crippen LogP contribution < -0.4 is 0 Å². The summed E-state index contributed by atoms with van der Waals surface area (Å²) in [6.45, 7) is 0. The number of oxazole rings is 1. The van der Waals surface area contributed by atoms with Crippen LogP contribution in [0.3, 0.4) is 0 Å². The highest BCUT2D eigenvalue weighted by atomic mass is 32.2. The van der Waals surface area contributed by atoms with Crippen molar-refractivity contribution >= 4 is 19.7 Å². The molecule has 0 unspecified atom stereocenters. The van der Waals surface area contributed by atoms with Crippen LogP contribution in [0.15, 0.2) is 34.9 Å². The minimum Gasteiger partial charge on any atom is -0.444 e. The third-order valence-corrected chi connectivity index (χ3v) is 5.54. The maximum Gasteiger partial charge on any atom is 0.226 e. The quantitative estimate of drug-likeness (QED) is 0.785. The van der Waals surface area contributed by atoms with E-state index in [1.54, 1.807) is 0 Å². The van der Waals surface area contributed by atoms with Gasteiger partial charge in [-0.1, -0.05) is 0 Å². The van der Waals surface area contributed by atoms with Gasteiger partial charge in [-0.25, -0.2) is 26.2 Å². The standard InChI is InChI=1S/C13H14FNO5S2/c1-21(16,17)6-7-22(18,19)9-12-8-20-13(15-12)10-2-4-11(14)5-3-10/h2-5,8H,6-7,9H2,1H3. The van der Waals surface area contributed by atoms with E-state index in [0.29, 0.717) is 5.56 Å². The van der Waals surface area contributed by atoms with Crippen LogP contribution >= 0.6 is 0 Å². The van der Waals surface area contributed by atoms with Crippen LogP contribution in [0.2, 0.25) is 0 Å². The molecule has 0 saturated carbocycles. The van der Waals surface area contributed by atoms with Crippen LogP contribution in [0.5, 0.6) is 0 Å². The Bertz CT molecular complexity index is 854. The summed E-state index contributed by atoms with van der Waals surface area (Å²) in [6, 6.07) is 5.40. The van der Waals surface area contributed by atoms with Gasteiger partial charge in [0.15, 0.2) is 9.84 Å². The van der Waals surface area contributed by atoms with E-state index < -0.39 is 42.8 Å². The topological polar surface area (TPSA) is 94.3 Å². The molecule has 1 heterocycles. The molecule has 0 aliphatic carbocycles. The second kappa shape index (κ2) is 6.17. The van der Waals surface area contributed by atoms with E-state index in [-0.39, 0.29) is 11.6 Å². The summed E-state index contributed by atoms with van der Waals surface area (Å²) in [5, 5.41) is 0. The van der Waals surface area contributed by atoms with Gasteiger partial charge < -0.3 is 4.42 Å². The van der Waals surface area contributed by atoms with Crippen molar-refractivity contribution < 1.29 is 25.6 Å². The van der Waals surface area contributed by atoms with Gasteiger partial charge in [0.25, 0.3) is 0 Å². The van der Waals surface area contributed by atoms with Crippen molar-refractivity contribution in [3.8, 4) is 11.5 Å². The molecule has 120 valence electrons. The van der Waals surface area contributed by atoms with Crippen molar-refractivity contribution in [1.29, 1.82) is 0 Å². The lowest BCUT2D eigenvalue weighted by atomic mass is 10.2. The van der Waals surface area contributed by atoms with Gasteiger partial charge in [0.05, 0.1) is 23.0 Å². The SMILES string of the molecule is CS(=O)(=O)CCS(=O)(=O)Cc1coc(-c2ccc(F)cc2)n1. The molecule has 0 atom stereocenters. The predicted octanol–water partition coefficient (Wildman–Crippen LogP) is 1.44. The second-order valence-electron chi connectivity index (χ2n) is 4.87. The fourth-order valence-corrected chi connectivity index (χ4v) is 4.63. The van der Waals surface area contributed by atoms with Gasteiger partial charge in [0, 0.05) is 11.8 Å². The number of halogens is 1. The van der Waals surface area contributed by atoms with Crippen LogP contribution in [0.1, 0.15) is 5.69 Å². The van der Waals surface area contributed by atoms with Crippen molar-refractivity contribution in [1.82, 2.24) is 4.98 Å². The fourth-order valence-electron chi connectivity index (χ4n) is 1.67. The van der Waals surface area contributed by atoms with E-state index >= 15 is 0 Å².